The molecule has 1 aromatic rings. The maximum Gasteiger partial charge on any atom is 0.257 e. The van der Waals surface area contributed by atoms with E-state index in [1.807, 2.05) is 6.92 Å². The maximum absolute atomic E-state index is 12.3. The van der Waals surface area contributed by atoms with E-state index in [9.17, 15) is 4.79 Å². The molecule has 0 aliphatic carbocycles. The Bertz CT molecular complexity index is 451. The lowest BCUT2D eigenvalue weighted by molar-refractivity contribution is 0.0269. The summed E-state index contributed by atoms with van der Waals surface area (Å²) in [6.07, 6.45) is 3.64. The molecule has 4 nitrogen and oxygen atoms in total. The standard InChI is InChI=1S/C13H17ClN2O2/c1-9-6-12(14)11(7-15-9)13(17)16-5-3-4-10(8-16)18-2/h6-7,10H,3-5,8H2,1-2H3. The van der Waals surface area contributed by atoms with E-state index in [-0.39, 0.29) is 12.0 Å². The number of methoxy groups -OCH3 is 1. The molecular formula is C13H17ClN2O2. The van der Waals surface area contributed by atoms with Crippen LogP contribution in [0.15, 0.2) is 12.3 Å². The highest BCUT2D eigenvalue weighted by atomic mass is 35.5. The van der Waals surface area contributed by atoms with Gasteiger partial charge in [0.25, 0.3) is 5.91 Å². The van der Waals surface area contributed by atoms with Gasteiger partial charge in [-0.1, -0.05) is 11.6 Å². The normalized spacial score (nSPS) is 19.9. The van der Waals surface area contributed by atoms with Crippen LogP contribution in [0, 0.1) is 6.92 Å². The SMILES string of the molecule is COC1CCCN(C(=O)c2cnc(C)cc2Cl)C1. The van der Waals surface area contributed by atoms with E-state index in [0.717, 1.165) is 25.1 Å². The second-order valence-electron chi connectivity index (χ2n) is 4.56. The Hall–Kier alpha value is -1.13. The predicted octanol–water partition coefficient (Wildman–Crippen LogP) is 2.29. The summed E-state index contributed by atoms with van der Waals surface area (Å²) in [5, 5.41) is 0.465. The second-order valence-corrected chi connectivity index (χ2v) is 4.96. The summed E-state index contributed by atoms with van der Waals surface area (Å²) in [4.78, 5) is 18.3. The Kier molecular flexibility index (Phi) is 4.19. The van der Waals surface area contributed by atoms with Gasteiger partial charge in [-0.05, 0) is 25.8 Å². The summed E-state index contributed by atoms with van der Waals surface area (Å²) in [7, 11) is 1.68. The zero-order chi connectivity index (χ0) is 13.1. The van der Waals surface area contributed by atoms with Gasteiger partial charge in [-0.15, -0.1) is 0 Å². The van der Waals surface area contributed by atoms with Gasteiger partial charge in [-0.2, -0.15) is 0 Å². The van der Waals surface area contributed by atoms with Crippen molar-refractivity contribution in [2.45, 2.75) is 25.9 Å². The molecule has 98 valence electrons. The molecular weight excluding hydrogens is 252 g/mol. The Morgan fingerprint density at radius 3 is 3.06 bits per heavy atom. The molecule has 1 aromatic heterocycles. The third-order valence-corrected chi connectivity index (χ3v) is 3.53. The molecule has 1 atom stereocenters. The van der Waals surface area contributed by atoms with Gasteiger partial charge in [0.1, 0.15) is 0 Å². The summed E-state index contributed by atoms with van der Waals surface area (Å²) in [6, 6.07) is 1.71. The van der Waals surface area contributed by atoms with Gasteiger partial charge in [-0.3, -0.25) is 9.78 Å². The van der Waals surface area contributed by atoms with Gasteiger partial charge < -0.3 is 9.64 Å². The molecule has 2 rings (SSSR count). The number of halogens is 1. The predicted molar refractivity (Wildman–Crippen MR) is 69.9 cm³/mol. The van der Waals surface area contributed by atoms with Crippen LogP contribution in [0.4, 0.5) is 0 Å². The monoisotopic (exact) mass is 268 g/mol. The third kappa shape index (κ3) is 2.82. The number of aromatic nitrogens is 1. The number of hydrogen-bond donors (Lipinski definition) is 0. The van der Waals surface area contributed by atoms with Crippen molar-refractivity contribution in [2.75, 3.05) is 20.2 Å². The first-order chi connectivity index (χ1) is 8.61. The van der Waals surface area contributed by atoms with Crippen LogP contribution in [-0.2, 0) is 4.74 Å². The van der Waals surface area contributed by atoms with E-state index in [0.29, 0.717) is 17.1 Å². The number of rotatable bonds is 2. The number of amides is 1. The molecule has 1 amide bonds. The van der Waals surface area contributed by atoms with E-state index < -0.39 is 0 Å². The highest BCUT2D eigenvalue weighted by molar-refractivity contribution is 6.33. The molecule has 1 unspecified atom stereocenters. The van der Waals surface area contributed by atoms with Crippen LogP contribution in [0.25, 0.3) is 0 Å². The minimum absolute atomic E-state index is 0.0609. The van der Waals surface area contributed by atoms with E-state index >= 15 is 0 Å². The number of piperidine rings is 1. The molecule has 0 aromatic carbocycles. The van der Waals surface area contributed by atoms with Gasteiger partial charge in [-0.25, -0.2) is 0 Å². The van der Waals surface area contributed by atoms with Crippen molar-refractivity contribution < 1.29 is 9.53 Å². The highest BCUT2D eigenvalue weighted by Crippen LogP contribution is 2.20. The first-order valence-electron chi connectivity index (χ1n) is 6.06. The zero-order valence-corrected chi connectivity index (χ0v) is 11.4. The molecule has 0 N–H and O–H groups in total. The van der Waals surface area contributed by atoms with Crippen LogP contribution >= 0.6 is 11.6 Å². The van der Waals surface area contributed by atoms with Crippen molar-refractivity contribution in [1.29, 1.82) is 0 Å². The molecule has 18 heavy (non-hydrogen) atoms. The Labute approximate surface area is 112 Å². The van der Waals surface area contributed by atoms with Crippen molar-refractivity contribution in [1.82, 2.24) is 9.88 Å². The molecule has 0 bridgehead atoms. The van der Waals surface area contributed by atoms with Crippen molar-refractivity contribution in [3.8, 4) is 0 Å². The Morgan fingerprint density at radius 2 is 2.39 bits per heavy atom. The summed E-state index contributed by atoms with van der Waals surface area (Å²) in [6.45, 7) is 3.23. The molecule has 1 saturated heterocycles. The number of ether oxygens (including phenoxy) is 1. The highest BCUT2D eigenvalue weighted by Gasteiger charge is 2.25. The molecule has 1 aliphatic rings. The van der Waals surface area contributed by atoms with Crippen molar-refractivity contribution in [3.63, 3.8) is 0 Å². The number of aryl methyl sites for hydroxylation is 1. The number of nitrogens with zero attached hydrogens (tertiary/aromatic N) is 2. The van der Waals surface area contributed by atoms with Crippen LogP contribution in [0.5, 0.6) is 0 Å². The number of carbonyl (C=O) groups is 1. The van der Waals surface area contributed by atoms with E-state index in [1.54, 1.807) is 24.3 Å². The number of likely N-dealkylation sites (tertiary alicyclic amines) is 1. The molecule has 0 radical (unpaired) electrons. The minimum atomic E-state index is -0.0609. The Morgan fingerprint density at radius 1 is 1.61 bits per heavy atom. The molecule has 0 saturated carbocycles. The third-order valence-electron chi connectivity index (χ3n) is 3.22. The summed E-state index contributed by atoms with van der Waals surface area (Å²) in [5.74, 6) is -0.0609. The average Bonchev–Trinajstić information content (AvgIpc) is 2.38. The number of hydrogen-bond acceptors (Lipinski definition) is 3. The molecule has 2 heterocycles. The number of carbonyl (C=O) groups excluding carboxylic acids is 1. The van der Waals surface area contributed by atoms with Crippen molar-refractivity contribution >= 4 is 17.5 Å². The smallest absolute Gasteiger partial charge is 0.257 e. The van der Waals surface area contributed by atoms with Crippen LogP contribution in [0.2, 0.25) is 5.02 Å². The minimum Gasteiger partial charge on any atom is -0.380 e. The summed E-state index contributed by atoms with van der Waals surface area (Å²) < 4.78 is 5.31. The zero-order valence-electron chi connectivity index (χ0n) is 10.6. The fourth-order valence-corrected chi connectivity index (χ4v) is 2.46. The molecule has 1 fully saturated rings. The quantitative estimate of drug-likeness (QED) is 0.827. The van der Waals surface area contributed by atoms with Crippen LogP contribution in [0.3, 0.4) is 0 Å². The van der Waals surface area contributed by atoms with Crippen LogP contribution < -0.4 is 0 Å². The van der Waals surface area contributed by atoms with Crippen molar-refractivity contribution in [2.24, 2.45) is 0 Å². The van der Waals surface area contributed by atoms with Crippen LogP contribution in [-0.4, -0.2) is 42.1 Å². The van der Waals surface area contributed by atoms with E-state index in [4.69, 9.17) is 16.3 Å². The van der Waals surface area contributed by atoms with Gasteiger partial charge in [0.15, 0.2) is 0 Å². The summed E-state index contributed by atoms with van der Waals surface area (Å²) >= 11 is 6.10. The van der Waals surface area contributed by atoms with Gasteiger partial charge in [0.05, 0.1) is 16.7 Å². The van der Waals surface area contributed by atoms with Gasteiger partial charge >= 0.3 is 0 Å². The fourth-order valence-electron chi connectivity index (χ4n) is 2.17. The van der Waals surface area contributed by atoms with Crippen molar-refractivity contribution in [3.05, 3.63) is 28.5 Å². The van der Waals surface area contributed by atoms with Gasteiger partial charge in [0, 0.05) is 32.1 Å². The molecule has 0 spiro atoms. The lowest BCUT2D eigenvalue weighted by atomic mass is 10.1. The fraction of sp³-hybridized carbons (Fsp3) is 0.538. The second kappa shape index (κ2) is 5.67. The first-order valence-corrected chi connectivity index (χ1v) is 6.44. The summed E-state index contributed by atoms with van der Waals surface area (Å²) in [5.41, 5.74) is 1.28. The average molecular weight is 269 g/mol. The van der Waals surface area contributed by atoms with Gasteiger partial charge in [0.2, 0.25) is 0 Å². The van der Waals surface area contributed by atoms with Crippen LogP contribution in [0.1, 0.15) is 28.9 Å². The Balaban J connectivity index is 2.15. The number of pyridine rings is 1. The largest absolute Gasteiger partial charge is 0.380 e. The lowest BCUT2D eigenvalue weighted by Crippen LogP contribution is -2.43. The lowest BCUT2D eigenvalue weighted by Gasteiger charge is -2.32. The topological polar surface area (TPSA) is 42.4 Å². The van der Waals surface area contributed by atoms with E-state index in [2.05, 4.69) is 4.98 Å². The maximum atomic E-state index is 12.3. The van der Waals surface area contributed by atoms with E-state index in [1.165, 1.54) is 0 Å². The molecule has 5 heteroatoms. The molecule has 1 aliphatic heterocycles. The first kappa shape index (κ1) is 13.3.